The molecule has 172 valence electrons. The van der Waals surface area contributed by atoms with Gasteiger partial charge in [0.15, 0.2) is 5.84 Å². The summed E-state index contributed by atoms with van der Waals surface area (Å²) >= 11 is 0. The van der Waals surface area contributed by atoms with Crippen LogP contribution in [0.3, 0.4) is 0 Å². The fourth-order valence-corrected chi connectivity index (χ4v) is 3.91. The van der Waals surface area contributed by atoms with E-state index in [1.165, 1.54) is 4.90 Å². The lowest BCUT2D eigenvalue weighted by Gasteiger charge is -2.22. The SMILES string of the molecule is C=C(C)c1cn(-c2ccccc2C)c(=O)c2cc(C)c(N(C)/N=C(/CO)N(C=O)CC)cc12. The number of hydrogen-bond acceptors (Lipinski definition) is 5. The summed E-state index contributed by atoms with van der Waals surface area (Å²) in [6, 6.07) is 11.5. The van der Waals surface area contributed by atoms with E-state index in [1.54, 1.807) is 23.5 Å². The standard InChI is InChI=1S/C26H30N4O3/c1-7-29(16-32)25(15-31)27-28(6)24-13-20-21(12-19(24)5)26(33)30(14-22(20)17(2)3)23-11-9-8-10-18(23)4/h8-14,16,31H,2,7,15H2,1,3-6H3/b27-25-. The van der Waals surface area contributed by atoms with Crippen molar-refractivity contribution >= 4 is 34.3 Å². The molecule has 1 amide bonds. The van der Waals surface area contributed by atoms with E-state index in [-0.39, 0.29) is 18.0 Å². The molecule has 1 heterocycles. The van der Waals surface area contributed by atoms with Crippen molar-refractivity contribution < 1.29 is 9.90 Å². The van der Waals surface area contributed by atoms with Crippen LogP contribution in [0.15, 0.2) is 59.1 Å². The van der Waals surface area contributed by atoms with Gasteiger partial charge in [0.05, 0.1) is 11.4 Å². The molecule has 0 aliphatic rings. The first-order valence-corrected chi connectivity index (χ1v) is 10.8. The van der Waals surface area contributed by atoms with Crippen molar-refractivity contribution in [1.29, 1.82) is 0 Å². The number of benzene rings is 2. The molecule has 7 nitrogen and oxygen atoms in total. The Kier molecular flexibility index (Phi) is 7.13. The van der Waals surface area contributed by atoms with Crippen LogP contribution in [0, 0.1) is 13.8 Å². The van der Waals surface area contributed by atoms with Crippen molar-refractivity contribution in [3.63, 3.8) is 0 Å². The van der Waals surface area contributed by atoms with Crippen LogP contribution in [0.25, 0.3) is 22.0 Å². The summed E-state index contributed by atoms with van der Waals surface area (Å²) < 4.78 is 1.68. The Bertz CT molecular complexity index is 1310. The minimum atomic E-state index is -0.373. The number of nitrogens with zero attached hydrogens (tertiary/aromatic N) is 4. The highest BCUT2D eigenvalue weighted by Crippen LogP contribution is 2.30. The number of hydrogen-bond donors (Lipinski definition) is 1. The maximum atomic E-state index is 13.5. The number of amides is 1. The normalized spacial score (nSPS) is 11.5. The van der Waals surface area contributed by atoms with E-state index in [2.05, 4.69) is 11.7 Å². The van der Waals surface area contributed by atoms with Crippen molar-refractivity contribution in [2.24, 2.45) is 5.10 Å². The van der Waals surface area contributed by atoms with Crippen LogP contribution in [0.2, 0.25) is 0 Å². The monoisotopic (exact) mass is 446 g/mol. The molecule has 0 aliphatic carbocycles. The van der Waals surface area contributed by atoms with Crippen LogP contribution in [0.4, 0.5) is 5.69 Å². The first kappa shape index (κ1) is 23.9. The zero-order chi connectivity index (χ0) is 24.3. The lowest BCUT2D eigenvalue weighted by Crippen LogP contribution is -2.34. The second kappa shape index (κ2) is 9.83. The number of aromatic nitrogens is 1. The van der Waals surface area contributed by atoms with Gasteiger partial charge in [0, 0.05) is 30.7 Å². The lowest BCUT2D eigenvalue weighted by molar-refractivity contribution is -0.114. The molecule has 0 atom stereocenters. The minimum absolute atomic E-state index is 0.112. The molecule has 3 aromatic rings. The number of likely N-dealkylation sites (N-methyl/N-ethyl adjacent to an activating group) is 1. The van der Waals surface area contributed by atoms with Gasteiger partial charge in [0.25, 0.3) is 5.56 Å². The summed E-state index contributed by atoms with van der Waals surface area (Å²) in [5.41, 5.74) is 5.00. The fourth-order valence-electron chi connectivity index (χ4n) is 3.91. The van der Waals surface area contributed by atoms with Gasteiger partial charge in [-0.15, -0.1) is 0 Å². The highest BCUT2D eigenvalue weighted by Gasteiger charge is 2.16. The first-order valence-electron chi connectivity index (χ1n) is 10.8. The second-order valence-corrected chi connectivity index (χ2v) is 8.06. The van der Waals surface area contributed by atoms with E-state index >= 15 is 0 Å². The number of allylic oxidation sites excluding steroid dienone is 1. The average Bonchev–Trinajstić information content (AvgIpc) is 2.79. The summed E-state index contributed by atoms with van der Waals surface area (Å²) in [5.74, 6) is 0.240. The van der Waals surface area contributed by atoms with Crippen LogP contribution in [-0.4, -0.2) is 47.0 Å². The Morgan fingerprint density at radius 3 is 2.45 bits per heavy atom. The zero-order valence-electron chi connectivity index (χ0n) is 19.8. The molecule has 1 N–H and O–H groups in total. The fraction of sp³-hybridized carbons (Fsp3) is 0.269. The van der Waals surface area contributed by atoms with E-state index in [0.717, 1.165) is 39.0 Å². The van der Waals surface area contributed by atoms with Gasteiger partial charge in [-0.25, -0.2) is 0 Å². The minimum Gasteiger partial charge on any atom is -0.388 e. The number of hydrazone groups is 1. The zero-order valence-corrected chi connectivity index (χ0v) is 19.8. The van der Waals surface area contributed by atoms with E-state index in [1.807, 2.05) is 63.4 Å². The number of fused-ring (bicyclic) bond motifs is 1. The topological polar surface area (TPSA) is 78.1 Å². The maximum Gasteiger partial charge on any atom is 0.263 e. The molecule has 33 heavy (non-hydrogen) atoms. The van der Waals surface area contributed by atoms with Gasteiger partial charge in [-0.05, 0) is 68.0 Å². The second-order valence-electron chi connectivity index (χ2n) is 8.06. The van der Waals surface area contributed by atoms with Crippen LogP contribution in [0.1, 0.15) is 30.5 Å². The molecule has 0 fully saturated rings. The number of aliphatic hydroxyl groups is 1. The van der Waals surface area contributed by atoms with E-state index in [4.69, 9.17) is 0 Å². The lowest BCUT2D eigenvalue weighted by atomic mass is 9.99. The van der Waals surface area contributed by atoms with Gasteiger partial charge in [-0.3, -0.25) is 24.1 Å². The highest BCUT2D eigenvalue weighted by atomic mass is 16.3. The number of carbonyl (C=O) groups is 1. The third-order valence-corrected chi connectivity index (χ3v) is 5.72. The van der Waals surface area contributed by atoms with Gasteiger partial charge in [-0.2, -0.15) is 5.10 Å². The van der Waals surface area contributed by atoms with E-state index < -0.39 is 0 Å². The summed E-state index contributed by atoms with van der Waals surface area (Å²) in [6.45, 7) is 11.8. The molecule has 0 bridgehead atoms. The summed E-state index contributed by atoms with van der Waals surface area (Å²) in [4.78, 5) is 26.1. The number of aliphatic hydroxyl groups excluding tert-OH is 1. The van der Waals surface area contributed by atoms with Gasteiger partial charge in [-0.1, -0.05) is 24.8 Å². The quantitative estimate of drug-likeness (QED) is 0.259. The van der Waals surface area contributed by atoms with Gasteiger partial charge < -0.3 is 5.11 Å². The van der Waals surface area contributed by atoms with Crippen molar-refractivity contribution in [3.05, 3.63) is 76.2 Å². The maximum absolute atomic E-state index is 13.5. The summed E-state index contributed by atoms with van der Waals surface area (Å²) in [5, 5.41) is 17.1. The largest absolute Gasteiger partial charge is 0.388 e. The summed E-state index contributed by atoms with van der Waals surface area (Å²) in [7, 11) is 1.75. The van der Waals surface area contributed by atoms with Gasteiger partial charge in [0.2, 0.25) is 6.41 Å². The highest BCUT2D eigenvalue weighted by molar-refractivity contribution is 5.96. The average molecular weight is 447 g/mol. The molecule has 0 unspecified atom stereocenters. The molecule has 0 saturated heterocycles. The Balaban J connectivity index is 2.26. The Labute approximate surface area is 193 Å². The van der Waals surface area contributed by atoms with E-state index in [0.29, 0.717) is 18.3 Å². The van der Waals surface area contributed by atoms with Crippen molar-refractivity contribution in [3.8, 4) is 5.69 Å². The molecule has 1 aromatic heterocycles. The van der Waals surface area contributed by atoms with Gasteiger partial charge >= 0.3 is 0 Å². The third-order valence-electron chi connectivity index (χ3n) is 5.72. The molecule has 0 radical (unpaired) electrons. The van der Waals surface area contributed by atoms with Crippen molar-refractivity contribution in [1.82, 2.24) is 9.47 Å². The number of anilines is 1. The molecule has 0 spiro atoms. The number of aryl methyl sites for hydroxylation is 2. The van der Waals surface area contributed by atoms with Crippen LogP contribution < -0.4 is 10.6 Å². The Morgan fingerprint density at radius 2 is 1.88 bits per heavy atom. The predicted molar refractivity (Wildman–Crippen MR) is 135 cm³/mol. The number of carbonyl (C=O) groups excluding carboxylic acids is 1. The molecule has 2 aromatic carbocycles. The van der Waals surface area contributed by atoms with Crippen molar-refractivity contribution in [2.45, 2.75) is 27.7 Å². The molecular weight excluding hydrogens is 416 g/mol. The number of rotatable bonds is 7. The molecule has 0 saturated carbocycles. The third kappa shape index (κ3) is 4.59. The van der Waals surface area contributed by atoms with E-state index in [9.17, 15) is 14.7 Å². The summed E-state index contributed by atoms with van der Waals surface area (Å²) in [6.07, 6.45) is 2.48. The van der Waals surface area contributed by atoms with Crippen molar-refractivity contribution in [2.75, 3.05) is 25.2 Å². The molecule has 7 heteroatoms. The smallest absolute Gasteiger partial charge is 0.263 e. The number of amidine groups is 1. The number of pyridine rings is 1. The number of para-hydroxylation sites is 1. The molecule has 0 aliphatic heterocycles. The van der Waals surface area contributed by atoms with Crippen LogP contribution in [-0.2, 0) is 4.79 Å². The molecular formula is C26H30N4O3. The van der Waals surface area contributed by atoms with Crippen LogP contribution >= 0.6 is 0 Å². The Morgan fingerprint density at radius 1 is 1.18 bits per heavy atom. The molecule has 3 rings (SSSR count). The Hall–Kier alpha value is -3.71. The van der Waals surface area contributed by atoms with Gasteiger partial charge in [0.1, 0.15) is 6.61 Å². The first-order chi connectivity index (χ1) is 15.7. The van der Waals surface area contributed by atoms with Crippen LogP contribution in [0.5, 0.6) is 0 Å². The predicted octanol–water partition coefficient (Wildman–Crippen LogP) is 3.86.